The first-order valence-electron chi connectivity index (χ1n) is 5.92. The Labute approximate surface area is 107 Å². The summed E-state index contributed by atoms with van der Waals surface area (Å²) in [7, 11) is 1.63. The number of urea groups is 1. The topological polar surface area (TPSA) is 59.6 Å². The Morgan fingerprint density at radius 1 is 1.22 bits per heavy atom. The first kappa shape index (κ1) is 14.3. The van der Waals surface area contributed by atoms with Crippen molar-refractivity contribution in [2.45, 2.75) is 13.3 Å². The molecule has 0 aliphatic heterocycles. The lowest BCUT2D eigenvalue weighted by molar-refractivity contribution is 0.192. The minimum absolute atomic E-state index is 0.152. The van der Waals surface area contributed by atoms with Crippen LogP contribution in [0.2, 0.25) is 0 Å². The number of aryl methyl sites for hydroxylation is 1. The summed E-state index contributed by atoms with van der Waals surface area (Å²) >= 11 is 0. The highest BCUT2D eigenvalue weighted by Crippen LogP contribution is 2.10. The first-order valence-corrected chi connectivity index (χ1v) is 5.92. The second kappa shape index (κ2) is 8.36. The van der Waals surface area contributed by atoms with Crippen molar-refractivity contribution in [3.8, 4) is 5.75 Å². The van der Waals surface area contributed by atoms with Crippen LogP contribution in [0.3, 0.4) is 0 Å². The molecule has 0 unspecified atom stereocenters. The molecule has 0 aliphatic carbocycles. The number of hydrogen-bond donors (Lipinski definition) is 2. The number of nitrogens with one attached hydrogen (secondary N) is 2. The molecule has 100 valence electrons. The van der Waals surface area contributed by atoms with Gasteiger partial charge in [-0.3, -0.25) is 0 Å². The van der Waals surface area contributed by atoms with E-state index in [1.165, 1.54) is 5.56 Å². The van der Waals surface area contributed by atoms with Crippen LogP contribution in [0.5, 0.6) is 5.75 Å². The zero-order valence-corrected chi connectivity index (χ0v) is 10.9. The standard InChI is InChI=1S/C13H20N2O3/c1-11-4-6-12(7-5-11)18-10-15-13(16)14-8-3-9-17-2/h4-7H,3,8-10H2,1-2H3,(H2,14,15,16). The molecule has 0 aromatic heterocycles. The third kappa shape index (κ3) is 6.10. The summed E-state index contributed by atoms with van der Waals surface area (Å²) in [5, 5.41) is 5.31. The maximum absolute atomic E-state index is 11.3. The largest absolute Gasteiger partial charge is 0.473 e. The molecule has 0 radical (unpaired) electrons. The van der Waals surface area contributed by atoms with Gasteiger partial charge in [0.2, 0.25) is 0 Å². The van der Waals surface area contributed by atoms with Crippen molar-refractivity contribution in [1.29, 1.82) is 0 Å². The zero-order chi connectivity index (χ0) is 13.2. The molecule has 18 heavy (non-hydrogen) atoms. The van der Waals surface area contributed by atoms with Crippen LogP contribution < -0.4 is 15.4 Å². The molecule has 1 rings (SSSR count). The number of carbonyl (C=O) groups is 1. The number of carbonyl (C=O) groups excluding carboxylic acids is 1. The third-order valence-electron chi connectivity index (χ3n) is 2.30. The fraction of sp³-hybridized carbons (Fsp3) is 0.462. The summed E-state index contributed by atoms with van der Waals surface area (Å²) in [6, 6.07) is 7.42. The van der Waals surface area contributed by atoms with Gasteiger partial charge in [-0.2, -0.15) is 0 Å². The van der Waals surface area contributed by atoms with E-state index in [1.54, 1.807) is 7.11 Å². The van der Waals surface area contributed by atoms with Gasteiger partial charge in [0.15, 0.2) is 6.73 Å². The van der Waals surface area contributed by atoms with Crippen molar-refractivity contribution in [2.24, 2.45) is 0 Å². The first-order chi connectivity index (χ1) is 8.72. The van der Waals surface area contributed by atoms with Crippen LogP contribution in [-0.2, 0) is 4.74 Å². The maximum Gasteiger partial charge on any atom is 0.317 e. The number of ether oxygens (including phenoxy) is 2. The second-order valence-electron chi connectivity index (χ2n) is 3.88. The molecule has 0 saturated heterocycles. The Morgan fingerprint density at radius 3 is 2.61 bits per heavy atom. The lowest BCUT2D eigenvalue weighted by Crippen LogP contribution is -2.38. The van der Waals surface area contributed by atoms with Crippen molar-refractivity contribution in [2.75, 3.05) is 27.0 Å². The summed E-state index contributed by atoms with van der Waals surface area (Å²) in [4.78, 5) is 11.3. The van der Waals surface area contributed by atoms with Crippen molar-refractivity contribution >= 4 is 6.03 Å². The smallest absolute Gasteiger partial charge is 0.317 e. The summed E-state index contributed by atoms with van der Waals surface area (Å²) in [5.74, 6) is 0.736. The van der Waals surface area contributed by atoms with Crippen LogP contribution in [0.15, 0.2) is 24.3 Å². The van der Waals surface area contributed by atoms with E-state index in [0.717, 1.165) is 12.2 Å². The van der Waals surface area contributed by atoms with E-state index in [-0.39, 0.29) is 12.8 Å². The molecule has 0 heterocycles. The fourth-order valence-electron chi connectivity index (χ4n) is 1.30. The van der Waals surface area contributed by atoms with Crippen LogP contribution in [0, 0.1) is 6.92 Å². The van der Waals surface area contributed by atoms with Crippen LogP contribution in [0.25, 0.3) is 0 Å². The van der Waals surface area contributed by atoms with Crippen LogP contribution in [0.1, 0.15) is 12.0 Å². The lowest BCUT2D eigenvalue weighted by Gasteiger charge is -2.09. The van der Waals surface area contributed by atoms with E-state index in [0.29, 0.717) is 13.2 Å². The van der Waals surface area contributed by atoms with Gasteiger partial charge in [-0.1, -0.05) is 17.7 Å². The third-order valence-corrected chi connectivity index (χ3v) is 2.30. The van der Waals surface area contributed by atoms with Crippen molar-refractivity contribution in [1.82, 2.24) is 10.6 Å². The zero-order valence-electron chi connectivity index (χ0n) is 10.9. The van der Waals surface area contributed by atoms with Crippen molar-refractivity contribution in [3.63, 3.8) is 0 Å². The molecular weight excluding hydrogens is 232 g/mol. The number of hydrogen-bond acceptors (Lipinski definition) is 3. The SMILES string of the molecule is COCCCNC(=O)NCOc1ccc(C)cc1. The molecule has 0 saturated carbocycles. The molecule has 1 aromatic carbocycles. The van der Waals surface area contributed by atoms with Gasteiger partial charge in [-0.15, -0.1) is 0 Å². The Morgan fingerprint density at radius 2 is 1.94 bits per heavy atom. The van der Waals surface area contributed by atoms with E-state index in [4.69, 9.17) is 9.47 Å². The fourth-order valence-corrected chi connectivity index (χ4v) is 1.30. The van der Waals surface area contributed by atoms with Gasteiger partial charge in [0.05, 0.1) is 0 Å². The Hall–Kier alpha value is -1.75. The minimum atomic E-state index is -0.238. The monoisotopic (exact) mass is 252 g/mol. The predicted molar refractivity (Wildman–Crippen MR) is 69.7 cm³/mol. The summed E-state index contributed by atoms with van der Waals surface area (Å²) in [6.45, 7) is 3.39. The number of rotatable bonds is 7. The Balaban J connectivity index is 2.10. The molecule has 0 spiro atoms. The van der Waals surface area contributed by atoms with Gasteiger partial charge in [-0.05, 0) is 25.5 Å². The second-order valence-corrected chi connectivity index (χ2v) is 3.88. The van der Waals surface area contributed by atoms with Crippen LogP contribution in [-0.4, -0.2) is 33.0 Å². The average Bonchev–Trinajstić information content (AvgIpc) is 2.37. The maximum atomic E-state index is 11.3. The van der Waals surface area contributed by atoms with E-state index in [9.17, 15) is 4.79 Å². The van der Waals surface area contributed by atoms with Crippen LogP contribution >= 0.6 is 0 Å². The number of amides is 2. The minimum Gasteiger partial charge on any atom is -0.473 e. The highest BCUT2D eigenvalue weighted by Gasteiger charge is 1.98. The Kier molecular flexibility index (Phi) is 6.64. The molecule has 5 heteroatoms. The summed E-state index contributed by atoms with van der Waals surface area (Å²) in [5.41, 5.74) is 1.17. The van der Waals surface area contributed by atoms with Crippen LogP contribution in [0.4, 0.5) is 4.79 Å². The predicted octanol–water partition coefficient (Wildman–Crippen LogP) is 1.67. The normalized spacial score (nSPS) is 9.89. The van der Waals surface area contributed by atoms with Gasteiger partial charge in [0, 0.05) is 20.3 Å². The number of benzene rings is 1. The van der Waals surface area contributed by atoms with Crippen molar-refractivity contribution in [3.05, 3.63) is 29.8 Å². The van der Waals surface area contributed by atoms with E-state index < -0.39 is 0 Å². The van der Waals surface area contributed by atoms with E-state index >= 15 is 0 Å². The molecule has 2 amide bonds. The van der Waals surface area contributed by atoms with Gasteiger partial charge in [0.1, 0.15) is 5.75 Å². The molecular formula is C13H20N2O3. The molecule has 1 aromatic rings. The molecule has 5 nitrogen and oxygen atoms in total. The molecule has 0 atom stereocenters. The summed E-state index contributed by atoms with van der Waals surface area (Å²) < 4.78 is 10.2. The highest BCUT2D eigenvalue weighted by molar-refractivity contribution is 5.73. The molecule has 0 aliphatic rings. The highest BCUT2D eigenvalue weighted by atomic mass is 16.5. The van der Waals surface area contributed by atoms with Gasteiger partial charge < -0.3 is 20.1 Å². The Bertz CT molecular complexity index is 352. The van der Waals surface area contributed by atoms with E-state index in [1.807, 2.05) is 31.2 Å². The molecule has 0 bridgehead atoms. The average molecular weight is 252 g/mol. The molecule has 0 fully saturated rings. The van der Waals surface area contributed by atoms with Gasteiger partial charge >= 0.3 is 6.03 Å². The lowest BCUT2D eigenvalue weighted by atomic mass is 10.2. The molecule has 2 N–H and O–H groups in total. The summed E-state index contributed by atoms with van der Waals surface area (Å²) in [6.07, 6.45) is 0.794. The quantitative estimate of drug-likeness (QED) is 0.573. The van der Waals surface area contributed by atoms with Gasteiger partial charge in [-0.25, -0.2) is 4.79 Å². The van der Waals surface area contributed by atoms with Gasteiger partial charge in [0.25, 0.3) is 0 Å². The van der Waals surface area contributed by atoms with E-state index in [2.05, 4.69) is 10.6 Å². The number of methoxy groups -OCH3 is 1. The van der Waals surface area contributed by atoms with Crippen molar-refractivity contribution < 1.29 is 14.3 Å².